The fourth-order valence-corrected chi connectivity index (χ4v) is 2.22. The summed E-state index contributed by atoms with van der Waals surface area (Å²) in [4.78, 5) is 25.3. The van der Waals surface area contributed by atoms with E-state index >= 15 is 0 Å². The second-order valence-corrected chi connectivity index (χ2v) is 4.57. The molecule has 1 aromatic rings. The summed E-state index contributed by atoms with van der Waals surface area (Å²) >= 11 is 0. The highest BCUT2D eigenvalue weighted by Crippen LogP contribution is 2.28. The number of rotatable bonds is 2. The zero-order valence-corrected chi connectivity index (χ0v) is 10.7. The van der Waals surface area contributed by atoms with Gasteiger partial charge in [-0.3, -0.25) is 9.59 Å². The number of nitrogens with zero attached hydrogens (tertiary/aromatic N) is 1. The van der Waals surface area contributed by atoms with E-state index < -0.39 is 5.97 Å². The molecule has 1 unspecified atom stereocenters. The number of ether oxygens (including phenoxy) is 1. The molecule has 1 atom stereocenters. The fraction of sp³-hybridized carbons (Fsp3) is 0.429. The lowest BCUT2D eigenvalue weighted by Crippen LogP contribution is -2.38. The number of aryl methyl sites for hydroxylation is 1. The third-order valence-electron chi connectivity index (χ3n) is 3.33. The summed E-state index contributed by atoms with van der Waals surface area (Å²) in [5, 5.41) is 0. The molecule has 1 aliphatic rings. The summed E-state index contributed by atoms with van der Waals surface area (Å²) in [6, 6.07) is 7.72. The Kier molecular flexibility index (Phi) is 3.65. The van der Waals surface area contributed by atoms with E-state index in [0.717, 1.165) is 24.1 Å². The molecule has 18 heavy (non-hydrogen) atoms. The maximum Gasteiger partial charge on any atom is 0.325 e. The van der Waals surface area contributed by atoms with Crippen molar-refractivity contribution in [2.45, 2.75) is 19.8 Å². The van der Waals surface area contributed by atoms with Crippen LogP contribution >= 0.6 is 0 Å². The number of para-hydroxylation sites is 1. The van der Waals surface area contributed by atoms with Gasteiger partial charge in [-0.2, -0.15) is 0 Å². The quantitative estimate of drug-likeness (QED) is 0.748. The van der Waals surface area contributed by atoms with Crippen LogP contribution in [0, 0.1) is 5.92 Å². The van der Waals surface area contributed by atoms with Crippen molar-refractivity contribution in [1.82, 2.24) is 0 Å². The highest BCUT2D eigenvalue weighted by molar-refractivity contribution is 6.00. The van der Waals surface area contributed by atoms with Crippen molar-refractivity contribution in [2.75, 3.05) is 18.6 Å². The molecule has 1 aromatic carbocycles. The average Bonchev–Trinajstić information content (AvgIpc) is 2.51. The zero-order chi connectivity index (χ0) is 13.1. The fourth-order valence-electron chi connectivity index (χ4n) is 2.22. The smallest absolute Gasteiger partial charge is 0.325 e. The Bertz CT molecular complexity index is 470. The van der Waals surface area contributed by atoms with E-state index in [1.807, 2.05) is 31.2 Å². The summed E-state index contributed by atoms with van der Waals surface area (Å²) < 4.78 is 4.66. The first kappa shape index (κ1) is 12.6. The van der Waals surface area contributed by atoms with Gasteiger partial charge in [0.15, 0.2) is 0 Å². The number of amides is 1. The number of carbonyl (C=O) groups is 2. The van der Waals surface area contributed by atoms with Gasteiger partial charge in [0.05, 0.1) is 7.11 Å². The van der Waals surface area contributed by atoms with Crippen LogP contribution in [-0.4, -0.2) is 25.5 Å². The van der Waals surface area contributed by atoms with Crippen LogP contribution in [0.25, 0.3) is 0 Å². The van der Waals surface area contributed by atoms with Crippen LogP contribution in [0.3, 0.4) is 0 Å². The van der Waals surface area contributed by atoms with Crippen molar-refractivity contribution < 1.29 is 14.3 Å². The van der Waals surface area contributed by atoms with Crippen LogP contribution < -0.4 is 4.90 Å². The summed E-state index contributed by atoms with van der Waals surface area (Å²) in [5.74, 6) is -0.473. The van der Waals surface area contributed by atoms with E-state index in [0.29, 0.717) is 0 Å². The van der Waals surface area contributed by atoms with E-state index in [2.05, 4.69) is 4.74 Å². The molecule has 1 amide bonds. The number of fused-ring (bicyclic) bond motifs is 1. The lowest BCUT2D eigenvalue weighted by atomic mass is 10.0. The first-order valence-corrected chi connectivity index (χ1v) is 6.09. The molecule has 1 aliphatic heterocycles. The van der Waals surface area contributed by atoms with Gasteiger partial charge in [0.1, 0.15) is 6.54 Å². The Hall–Kier alpha value is -1.84. The number of hydrogen-bond acceptors (Lipinski definition) is 3. The molecule has 96 valence electrons. The molecule has 0 saturated heterocycles. The standard InChI is InChI=1S/C14H17NO3/c1-10-7-8-11-5-3-4-6-12(11)15(14(10)17)9-13(16)18-2/h3-6,10H,7-9H2,1-2H3. The normalized spacial score (nSPS) is 19.1. The molecule has 0 aliphatic carbocycles. The van der Waals surface area contributed by atoms with Gasteiger partial charge in [-0.15, -0.1) is 0 Å². The Balaban J connectivity index is 2.38. The topological polar surface area (TPSA) is 46.6 Å². The lowest BCUT2D eigenvalue weighted by Gasteiger charge is -2.23. The van der Waals surface area contributed by atoms with E-state index in [4.69, 9.17) is 0 Å². The van der Waals surface area contributed by atoms with Gasteiger partial charge in [0.25, 0.3) is 0 Å². The van der Waals surface area contributed by atoms with Gasteiger partial charge in [-0.25, -0.2) is 0 Å². The molecule has 0 bridgehead atoms. The van der Waals surface area contributed by atoms with Gasteiger partial charge in [-0.05, 0) is 24.5 Å². The number of carbonyl (C=O) groups excluding carboxylic acids is 2. The summed E-state index contributed by atoms with van der Waals surface area (Å²) in [6.07, 6.45) is 1.67. The molecule has 0 fully saturated rings. The molecule has 4 heteroatoms. The zero-order valence-electron chi connectivity index (χ0n) is 10.7. The number of esters is 1. The molecular formula is C14H17NO3. The van der Waals surface area contributed by atoms with Crippen LogP contribution in [0.5, 0.6) is 0 Å². The van der Waals surface area contributed by atoms with Crippen molar-refractivity contribution in [2.24, 2.45) is 5.92 Å². The first-order chi connectivity index (χ1) is 8.63. The molecule has 0 radical (unpaired) electrons. The number of benzene rings is 1. The average molecular weight is 247 g/mol. The van der Waals surface area contributed by atoms with E-state index in [1.165, 1.54) is 7.11 Å². The summed E-state index contributed by atoms with van der Waals surface area (Å²) in [6.45, 7) is 1.88. The molecule has 0 aromatic heterocycles. The maximum absolute atomic E-state index is 12.3. The van der Waals surface area contributed by atoms with E-state index in [9.17, 15) is 9.59 Å². The minimum absolute atomic E-state index is 0.00894. The van der Waals surface area contributed by atoms with Gasteiger partial charge < -0.3 is 9.64 Å². The predicted octanol–water partition coefficient (Wildman–Crippen LogP) is 1.77. The summed E-state index contributed by atoms with van der Waals surface area (Å²) in [5.41, 5.74) is 1.94. The van der Waals surface area contributed by atoms with Crippen molar-refractivity contribution in [1.29, 1.82) is 0 Å². The predicted molar refractivity (Wildman–Crippen MR) is 68.3 cm³/mol. The molecular weight excluding hydrogens is 230 g/mol. The Labute approximate surface area is 107 Å². The minimum atomic E-state index is -0.396. The van der Waals surface area contributed by atoms with Crippen LogP contribution in [0.15, 0.2) is 24.3 Å². The number of hydrogen-bond donors (Lipinski definition) is 0. The third-order valence-corrected chi connectivity index (χ3v) is 3.33. The number of anilines is 1. The van der Waals surface area contributed by atoms with Crippen LogP contribution in [0.4, 0.5) is 5.69 Å². The third kappa shape index (κ3) is 2.37. The van der Waals surface area contributed by atoms with Gasteiger partial charge in [-0.1, -0.05) is 25.1 Å². The SMILES string of the molecule is COC(=O)CN1C(=O)C(C)CCc2ccccc21. The van der Waals surface area contributed by atoms with Crippen molar-refractivity contribution in [3.05, 3.63) is 29.8 Å². The second-order valence-electron chi connectivity index (χ2n) is 4.57. The largest absolute Gasteiger partial charge is 0.468 e. The minimum Gasteiger partial charge on any atom is -0.468 e. The molecule has 2 rings (SSSR count). The molecule has 0 saturated carbocycles. The van der Waals surface area contributed by atoms with E-state index in [-0.39, 0.29) is 18.4 Å². The molecule has 4 nitrogen and oxygen atoms in total. The molecule has 0 spiro atoms. The second kappa shape index (κ2) is 5.21. The molecule has 0 N–H and O–H groups in total. The Morgan fingerprint density at radius 1 is 1.44 bits per heavy atom. The van der Waals surface area contributed by atoms with Crippen molar-refractivity contribution in [3.8, 4) is 0 Å². The van der Waals surface area contributed by atoms with Crippen molar-refractivity contribution in [3.63, 3.8) is 0 Å². The monoisotopic (exact) mass is 247 g/mol. The highest BCUT2D eigenvalue weighted by Gasteiger charge is 2.28. The first-order valence-electron chi connectivity index (χ1n) is 6.09. The van der Waals surface area contributed by atoms with E-state index in [1.54, 1.807) is 4.90 Å². The van der Waals surface area contributed by atoms with Gasteiger partial charge in [0, 0.05) is 11.6 Å². The maximum atomic E-state index is 12.3. The molecule has 1 heterocycles. The number of methoxy groups -OCH3 is 1. The van der Waals surface area contributed by atoms with Crippen LogP contribution in [0.1, 0.15) is 18.9 Å². The highest BCUT2D eigenvalue weighted by atomic mass is 16.5. The van der Waals surface area contributed by atoms with Crippen LogP contribution in [0.2, 0.25) is 0 Å². The van der Waals surface area contributed by atoms with Crippen molar-refractivity contribution >= 4 is 17.6 Å². The Morgan fingerprint density at radius 3 is 2.89 bits per heavy atom. The summed E-state index contributed by atoms with van der Waals surface area (Å²) in [7, 11) is 1.33. The van der Waals surface area contributed by atoms with Gasteiger partial charge in [0.2, 0.25) is 5.91 Å². The van der Waals surface area contributed by atoms with Gasteiger partial charge >= 0.3 is 5.97 Å². The Morgan fingerprint density at radius 2 is 2.17 bits per heavy atom. The lowest BCUT2D eigenvalue weighted by molar-refractivity contribution is -0.140. The van der Waals surface area contributed by atoms with Crippen LogP contribution in [-0.2, 0) is 20.7 Å².